The number of benzene rings is 1. The van der Waals surface area contributed by atoms with Gasteiger partial charge in [-0.05, 0) is 55.4 Å². The van der Waals surface area contributed by atoms with E-state index in [0.29, 0.717) is 0 Å². The Morgan fingerprint density at radius 3 is 3.05 bits per heavy atom. The Labute approximate surface area is 134 Å². The van der Waals surface area contributed by atoms with Crippen LogP contribution in [0.1, 0.15) is 29.3 Å². The fourth-order valence-electron chi connectivity index (χ4n) is 3.23. The third-order valence-electron chi connectivity index (χ3n) is 4.37. The highest BCUT2D eigenvalue weighted by molar-refractivity contribution is 7.19. The molecule has 1 N–H and O–H groups in total. The Kier molecular flexibility index (Phi) is 3.34. The normalized spacial score (nSPS) is 17.5. The molecule has 2 aromatic heterocycles. The molecule has 0 amide bonds. The Bertz CT molecular complexity index is 837. The SMILES string of the molecule is Cc1cccc(Nc2ncnc3sc4c(c23)CC[C@@H](C)C4)c1. The van der Waals surface area contributed by atoms with Gasteiger partial charge in [0, 0.05) is 10.6 Å². The monoisotopic (exact) mass is 309 g/mol. The van der Waals surface area contributed by atoms with Crippen molar-refractivity contribution in [3.8, 4) is 0 Å². The van der Waals surface area contributed by atoms with Crippen LogP contribution in [0.3, 0.4) is 0 Å². The summed E-state index contributed by atoms with van der Waals surface area (Å²) < 4.78 is 0. The minimum atomic E-state index is 0.779. The topological polar surface area (TPSA) is 37.8 Å². The van der Waals surface area contributed by atoms with Crippen LogP contribution in [0.25, 0.3) is 10.2 Å². The molecule has 0 aliphatic heterocycles. The van der Waals surface area contributed by atoms with Gasteiger partial charge in [-0.1, -0.05) is 19.1 Å². The largest absolute Gasteiger partial charge is 0.340 e. The van der Waals surface area contributed by atoms with Crippen molar-refractivity contribution in [3.05, 3.63) is 46.6 Å². The molecule has 1 aliphatic rings. The molecule has 0 bridgehead atoms. The molecule has 22 heavy (non-hydrogen) atoms. The molecule has 1 atom stereocenters. The van der Waals surface area contributed by atoms with Crippen molar-refractivity contribution in [1.82, 2.24) is 9.97 Å². The van der Waals surface area contributed by atoms with E-state index in [0.717, 1.165) is 28.7 Å². The molecule has 0 saturated heterocycles. The van der Waals surface area contributed by atoms with Crippen LogP contribution < -0.4 is 5.32 Å². The fraction of sp³-hybridized carbons (Fsp3) is 0.333. The third kappa shape index (κ3) is 2.37. The summed E-state index contributed by atoms with van der Waals surface area (Å²) in [4.78, 5) is 11.6. The maximum absolute atomic E-state index is 4.52. The molecule has 2 heterocycles. The highest BCUT2D eigenvalue weighted by atomic mass is 32.1. The first kappa shape index (κ1) is 13.7. The lowest BCUT2D eigenvalue weighted by Crippen LogP contribution is -2.09. The van der Waals surface area contributed by atoms with Gasteiger partial charge in [0.15, 0.2) is 0 Å². The predicted molar refractivity (Wildman–Crippen MR) is 93.1 cm³/mol. The van der Waals surface area contributed by atoms with E-state index in [-0.39, 0.29) is 0 Å². The maximum atomic E-state index is 4.52. The fourth-order valence-corrected chi connectivity index (χ4v) is 4.58. The van der Waals surface area contributed by atoms with Crippen LogP contribution in [0.4, 0.5) is 11.5 Å². The molecule has 1 aromatic carbocycles. The second-order valence-electron chi connectivity index (χ2n) is 6.25. The number of nitrogens with one attached hydrogen (secondary N) is 1. The van der Waals surface area contributed by atoms with Crippen LogP contribution >= 0.6 is 11.3 Å². The molecule has 0 spiro atoms. The molecule has 0 unspecified atom stereocenters. The number of thiophene rings is 1. The quantitative estimate of drug-likeness (QED) is 0.734. The van der Waals surface area contributed by atoms with E-state index in [1.807, 2.05) is 11.3 Å². The minimum Gasteiger partial charge on any atom is -0.340 e. The lowest BCUT2D eigenvalue weighted by molar-refractivity contribution is 0.509. The van der Waals surface area contributed by atoms with Crippen LogP contribution in [-0.2, 0) is 12.8 Å². The molecule has 1 aliphatic carbocycles. The van der Waals surface area contributed by atoms with Gasteiger partial charge in [-0.25, -0.2) is 9.97 Å². The summed E-state index contributed by atoms with van der Waals surface area (Å²) in [6.45, 7) is 4.44. The number of aromatic nitrogens is 2. The molecule has 3 nitrogen and oxygen atoms in total. The van der Waals surface area contributed by atoms with Gasteiger partial charge in [0.1, 0.15) is 17.0 Å². The second-order valence-corrected chi connectivity index (χ2v) is 7.33. The Balaban J connectivity index is 1.81. The van der Waals surface area contributed by atoms with E-state index in [1.54, 1.807) is 6.33 Å². The van der Waals surface area contributed by atoms with Crippen molar-refractivity contribution in [2.75, 3.05) is 5.32 Å². The van der Waals surface area contributed by atoms with Crippen molar-refractivity contribution < 1.29 is 0 Å². The number of nitrogens with zero attached hydrogens (tertiary/aromatic N) is 2. The molecule has 4 heteroatoms. The van der Waals surface area contributed by atoms with Gasteiger partial charge in [0.2, 0.25) is 0 Å². The first-order valence-corrected chi connectivity index (χ1v) is 8.61. The highest BCUT2D eigenvalue weighted by Gasteiger charge is 2.23. The highest BCUT2D eigenvalue weighted by Crippen LogP contribution is 2.40. The van der Waals surface area contributed by atoms with Crippen molar-refractivity contribution >= 4 is 33.1 Å². The first-order valence-electron chi connectivity index (χ1n) is 7.79. The lowest BCUT2D eigenvalue weighted by atomic mass is 9.89. The Morgan fingerprint density at radius 1 is 1.27 bits per heavy atom. The van der Waals surface area contributed by atoms with Crippen LogP contribution in [0, 0.1) is 12.8 Å². The van der Waals surface area contributed by atoms with Gasteiger partial charge in [-0.15, -0.1) is 11.3 Å². The van der Waals surface area contributed by atoms with Crippen molar-refractivity contribution in [2.45, 2.75) is 33.1 Å². The molecule has 0 saturated carbocycles. The predicted octanol–water partition coefficient (Wildman–Crippen LogP) is 4.87. The molecule has 0 fully saturated rings. The van der Waals surface area contributed by atoms with E-state index < -0.39 is 0 Å². The molecular formula is C18H19N3S. The summed E-state index contributed by atoms with van der Waals surface area (Å²) in [6.07, 6.45) is 5.26. The van der Waals surface area contributed by atoms with Gasteiger partial charge in [0.25, 0.3) is 0 Å². The lowest BCUT2D eigenvalue weighted by Gasteiger charge is -2.18. The van der Waals surface area contributed by atoms with Crippen LogP contribution in [0.5, 0.6) is 0 Å². The summed E-state index contributed by atoms with van der Waals surface area (Å²) in [5, 5.41) is 4.72. The second kappa shape index (κ2) is 5.36. The van der Waals surface area contributed by atoms with E-state index in [9.17, 15) is 0 Å². The van der Waals surface area contributed by atoms with Crippen LogP contribution in [0.15, 0.2) is 30.6 Å². The smallest absolute Gasteiger partial charge is 0.142 e. The average molecular weight is 309 g/mol. The van der Waals surface area contributed by atoms with Crippen molar-refractivity contribution in [2.24, 2.45) is 5.92 Å². The zero-order valence-corrected chi connectivity index (χ0v) is 13.7. The number of aryl methyl sites for hydroxylation is 2. The van der Waals surface area contributed by atoms with Crippen LogP contribution in [-0.4, -0.2) is 9.97 Å². The molecule has 112 valence electrons. The van der Waals surface area contributed by atoms with E-state index >= 15 is 0 Å². The standard InChI is InChI=1S/C18H19N3S/c1-11-4-3-5-13(8-11)21-17-16-14-7-6-12(2)9-15(14)22-18(16)20-10-19-17/h3-5,8,10,12H,6-7,9H2,1-2H3,(H,19,20,21)/t12-/m1/s1. The van der Waals surface area contributed by atoms with Crippen molar-refractivity contribution in [1.29, 1.82) is 0 Å². The maximum Gasteiger partial charge on any atom is 0.142 e. The zero-order chi connectivity index (χ0) is 15.1. The Morgan fingerprint density at radius 2 is 2.18 bits per heavy atom. The van der Waals surface area contributed by atoms with Gasteiger partial charge in [0.05, 0.1) is 5.39 Å². The summed E-state index contributed by atoms with van der Waals surface area (Å²) in [7, 11) is 0. The summed E-state index contributed by atoms with van der Waals surface area (Å²) in [5.74, 6) is 1.73. The molecule has 0 radical (unpaired) electrons. The van der Waals surface area contributed by atoms with Gasteiger partial charge in [-0.3, -0.25) is 0 Å². The third-order valence-corrected chi connectivity index (χ3v) is 5.53. The minimum absolute atomic E-state index is 0.779. The zero-order valence-electron chi connectivity index (χ0n) is 12.9. The van der Waals surface area contributed by atoms with Gasteiger partial charge < -0.3 is 5.32 Å². The molecule has 3 aromatic rings. The molecule has 4 rings (SSSR count). The first-order chi connectivity index (χ1) is 10.7. The Hall–Kier alpha value is -1.94. The van der Waals surface area contributed by atoms with Crippen molar-refractivity contribution in [3.63, 3.8) is 0 Å². The number of fused-ring (bicyclic) bond motifs is 3. The number of rotatable bonds is 2. The van der Waals surface area contributed by atoms with Gasteiger partial charge >= 0.3 is 0 Å². The van der Waals surface area contributed by atoms with Gasteiger partial charge in [-0.2, -0.15) is 0 Å². The van der Waals surface area contributed by atoms with Crippen LogP contribution in [0.2, 0.25) is 0 Å². The van der Waals surface area contributed by atoms with E-state index in [4.69, 9.17) is 0 Å². The summed E-state index contributed by atoms with van der Waals surface area (Å²) >= 11 is 1.84. The number of anilines is 2. The number of hydrogen-bond acceptors (Lipinski definition) is 4. The average Bonchev–Trinajstić information content (AvgIpc) is 2.85. The number of hydrogen-bond donors (Lipinski definition) is 1. The molecular weight excluding hydrogens is 290 g/mol. The van der Waals surface area contributed by atoms with E-state index in [1.165, 1.54) is 34.2 Å². The summed E-state index contributed by atoms with van der Waals surface area (Å²) in [6, 6.07) is 8.41. The summed E-state index contributed by atoms with van der Waals surface area (Å²) in [5.41, 5.74) is 3.80. The van der Waals surface area contributed by atoms with E-state index in [2.05, 4.69) is 53.4 Å².